The van der Waals surface area contributed by atoms with Gasteiger partial charge in [0.25, 0.3) is 0 Å². The first-order chi connectivity index (χ1) is 10.2. The van der Waals surface area contributed by atoms with Gasteiger partial charge in [-0.15, -0.1) is 5.10 Å². The van der Waals surface area contributed by atoms with Crippen molar-refractivity contribution < 1.29 is 4.74 Å². The number of hydrogen-bond donors (Lipinski definition) is 1. The van der Waals surface area contributed by atoms with Gasteiger partial charge in [0.2, 0.25) is 0 Å². The summed E-state index contributed by atoms with van der Waals surface area (Å²) in [7, 11) is 1.70. The molecule has 2 rings (SSSR count). The Balaban J connectivity index is 2.11. The van der Waals surface area contributed by atoms with Crippen molar-refractivity contribution in [2.75, 3.05) is 13.7 Å². The van der Waals surface area contributed by atoms with E-state index in [0.29, 0.717) is 13.2 Å². The van der Waals surface area contributed by atoms with Gasteiger partial charge in [-0.1, -0.05) is 28.9 Å². The molecule has 0 saturated heterocycles. The highest BCUT2D eigenvalue weighted by atomic mass is 35.5. The molecule has 0 unspecified atom stereocenters. The lowest BCUT2D eigenvalue weighted by molar-refractivity contribution is 0.166. The number of methoxy groups -OCH3 is 1. The Morgan fingerprint density at radius 1 is 1.43 bits per heavy atom. The topological polar surface area (TPSA) is 52.0 Å². The predicted molar refractivity (Wildman–Crippen MR) is 83.3 cm³/mol. The quantitative estimate of drug-likeness (QED) is 0.854. The van der Waals surface area contributed by atoms with Gasteiger partial charge in [0.05, 0.1) is 24.0 Å². The zero-order valence-corrected chi connectivity index (χ0v) is 13.4. The number of halogens is 1. The fraction of sp³-hybridized carbons (Fsp3) is 0.467. The normalized spacial score (nSPS) is 12.6. The van der Waals surface area contributed by atoms with E-state index in [4.69, 9.17) is 16.3 Å². The van der Waals surface area contributed by atoms with Gasteiger partial charge in [0.1, 0.15) is 0 Å². The molecule has 0 radical (unpaired) electrons. The van der Waals surface area contributed by atoms with Crippen molar-refractivity contribution in [3.8, 4) is 0 Å². The van der Waals surface area contributed by atoms with E-state index in [-0.39, 0.29) is 6.04 Å². The average Bonchev–Trinajstić information content (AvgIpc) is 2.84. The molecule has 0 saturated carbocycles. The Bertz CT molecular complexity index is 585. The molecular formula is C15H21ClN4O. The van der Waals surface area contributed by atoms with Crippen molar-refractivity contribution in [1.82, 2.24) is 20.3 Å². The number of ether oxygens (including phenoxy) is 1. The lowest BCUT2D eigenvalue weighted by Crippen LogP contribution is -2.26. The van der Waals surface area contributed by atoms with E-state index >= 15 is 0 Å². The maximum absolute atomic E-state index is 6.07. The fourth-order valence-electron chi connectivity index (χ4n) is 2.28. The summed E-state index contributed by atoms with van der Waals surface area (Å²) in [5.41, 5.74) is 3.16. The number of rotatable bonds is 7. The maximum atomic E-state index is 6.07. The second kappa shape index (κ2) is 7.54. The summed E-state index contributed by atoms with van der Waals surface area (Å²) in [5, 5.41) is 12.5. The highest BCUT2D eigenvalue weighted by Gasteiger charge is 2.14. The summed E-state index contributed by atoms with van der Waals surface area (Å²) in [4.78, 5) is 0. The van der Waals surface area contributed by atoms with E-state index in [1.54, 1.807) is 7.11 Å². The molecule has 1 atom stereocenters. The van der Waals surface area contributed by atoms with Crippen molar-refractivity contribution in [1.29, 1.82) is 0 Å². The zero-order chi connectivity index (χ0) is 15.2. The van der Waals surface area contributed by atoms with Gasteiger partial charge in [-0.3, -0.25) is 0 Å². The van der Waals surface area contributed by atoms with Crippen LogP contribution in [0.25, 0.3) is 0 Å². The third-order valence-corrected chi connectivity index (χ3v) is 3.67. The van der Waals surface area contributed by atoms with Gasteiger partial charge >= 0.3 is 0 Å². The molecule has 0 spiro atoms. The van der Waals surface area contributed by atoms with Crippen molar-refractivity contribution in [2.45, 2.75) is 33.0 Å². The molecule has 1 heterocycles. The van der Waals surface area contributed by atoms with Crippen LogP contribution < -0.4 is 5.32 Å². The standard InChI is InChI=1S/C15H21ClN4O/c1-4-20-15(11(2)18-19-20)9-17-14(10-21-3)12-6-5-7-13(16)8-12/h5-8,14,17H,4,9-10H2,1-3H3/t14-/m0/s1. The molecule has 2 aromatic rings. The van der Waals surface area contributed by atoms with Gasteiger partial charge in [0.15, 0.2) is 0 Å². The summed E-state index contributed by atoms with van der Waals surface area (Å²) >= 11 is 6.07. The van der Waals surface area contributed by atoms with Gasteiger partial charge in [-0.2, -0.15) is 0 Å². The van der Waals surface area contributed by atoms with E-state index in [1.165, 1.54) is 0 Å². The third-order valence-electron chi connectivity index (χ3n) is 3.43. The number of aromatic nitrogens is 3. The first kappa shape index (κ1) is 15.9. The van der Waals surface area contributed by atoms with Crippen LogP contribution in [0.15, 0.2) is 24.3 Å². The van der Waals surface area contributed by atoms with E-state index in [2.05, 4.69) is 22.6 Å². The van der Waals surface area contributed by atoms with Crippen LogP contribution in [0.4, 0.5) is 0 Å². The summed E-state index contributed by atoms with van der Waals surface area (Å²) < 4.78 is 7.22. The molecule has 21 heavy (non-hydrogen) atoms. The predicted octanol–water partition coefficient (Wildman–Crippen LogP) is 2.74. The molecule has 0 amide bonds. The number of nitrogens with one attached hydrogen (secondary N) is 1. The number of benzene rings is 1. The first-order valence-corrected chi connectivity index (χ1v) is 7.40. The van der Waals surface area contributed by atoms with Crippen LogP contribution in [0.2, 0.25) is 5.02 Å². The summed E-state index contributed by atoms with van der Waals surface area (Å²) in [6.45, 7) is 6.10. The van der Waals surface area contributed by atoms with E-state index in [9.17, 15) is 0 Å². The van der Waals surface area contributed by atoms with Crippen molar-refractivity contribution in [3.05, 3.63) is 46.2 Å². The Labute approximate surface area is 130 Å². The van der Waals surface area contributed by atoms with Crippen LogP contribution in [0.5, 0.6) is 0 Å². The van der Waals surface area contributed by atoms with Crippen LogP contribution >= 0.6 is 11.6 Å². The Kier molecular flexibility index (Phi) is 5.73. The van der Waals surface area contributed by atoms with Gasteiger partial charge < -0.3 is 10.1 Å². The average molecular weight is 309 g/mol. The van der Waals surface area contributed by atoms with Crippen LogP contribution in [0.3, 0.4) is 0 Å². The van der Waals surface area contributed by atoms with Crippen LogP contribution in [0.1, 0.15) is 29.9 Å². The first-order valence-electron chi connectivity index (χ1n) is 7.02. The van der Waals surface area contributed by atoms with Gasteiger partial charge in [0, 0.05) is 25.2 Å². The van der Waals surface area contributed by atoms with Crippen LogP contribution in [0, 0.1) is 6.92 Å². The SMILES string of the molecule is CCn1nnc(C)c1CN[C@@H](COC)c1cccc(Cl)c1. The molecule has 0 aliphatic carbocycles. The summed E-state index contributed by atoms with van der Waals surface area (Å²) in [6, 6.07) is 7.90. The summed E-state index contributed by atoms with van der Waals surface area (Å²) in [6.07, 6.45) is 0. The minimum atomic E-state index is 0.0771. The second-order valence-corrected chi connectivity index (χ2v) is 5.32. The molecule has 0 fully saturated rings. The fourth-order valence-corrected chi connectivity index (χ4v) is 2.47. The molecule has 1 aromatic heterocycles. The lowest BCUT2D eigenvalue weighted by Gasteiger charge is -2.19. The van der Waals surface area contributed by atoms with Crippen LogP contribution in [-0.4, -0.2) is 28.7 Å². The van der Waals surface area contributed by atoms with E-state index in [1.807, 2.05) is 35.9 Å². The van der Waals surface area contributed by atoms with Crippen molar-refractivity contribution in [2.24, 2.45) is 0 Å². The van der Waals surface area contributed by atoms with E-state index in [0.717, 1.165) is 28.5 Å². The third kappa shape index (κ3) is 4.03. The minimum absolute atomic E-state index is 0.0771. The highest BCUT2D eigenvalue weighted by molar-refractivity contribution is 6.30. The largest absolute Gasteiger partial charge is 0.383 e. The van der Waals surface area contributed by atoms with Crippen molar-refractivity contribution >= 4 is 11.6 Å². The number of hydrogen-bond acceptors (Lipinski definition) is 4. The maximum Gasteiger partial charge on any atom is 0.0841 e. The molecule has 5 nitrogen and oxygen atoms in total. The highest BCUT2D eigenvalue weighted by Crippen LogP contribution is 2.19. The molecule has 114 valence electrons. The summed E-state index contributed by atoms with van der Waals surface area (Å²) in [5.74, 6) is 0. The molecule has 1 N–H and O–H groups in total. The monoisotopic (exact) mass is 308 g/mol. The molecule has 0 bridgehead atoms. The minimum Gasteiger partial charge on any atom is -0.383 e. The Hall–Kier alpha value is -1.43. The van der Waals surface area contributed by atoms with E-state index < -0.39 is 0 Å². The second-order valence-electron chi connectivity index (χ2n) is 4.88. The molecule has 1 aromatic carbocycles. The lowest BCUT2D eigenvalue weighted by atomic mass is 10.1. The smallest absolute Gasteiger partial charge is 0.0841 e. The van der Waals surface area contributed by atoms with Crippen molar-refractivity contribution in [3.63, 3.8) is 0 Å². The van der Waals surface area contributed by atoms with Gasteiger partial charge in [-0.05, 0) is 31.5 Å². The Morgan fingerprint density at radius 3 is 2.90 bits per heavy atom. The Morgan fingerprint density at radius 2 is 2.24 bits per heavy atom. The zero-order valence-electron chi connectivity index (χ0n) is 12.6. The molecular weight excluding hydrogens is 288 g/mol. The molecule has 6 heteroatoms. The van der Waals surface area contributed by atoms with Gasteiger partial charge in [-0.25, -0.2) is 4.68 Å². The number of aryl methyl sites for hydroxylation is 2. The number of nitrogens with zero attached hydrogens (tertiary/aromatic N) is 3. The molecule has 0 aliphatic rings. The van der Waals surface area contributed by atoms with Crippen LogP contribution in [-0.2, 0) is 17.8 Å². The molecule has 0 aliphatic heterocycles.